The third kappa shape index (κ3) is 3.30. The number of benzene rings is 2. The Labute approximate surface area is 134 Å². The molecule has 1 heterocycles. The van der Waals surface area contributed by atoms with Gasteiger partial charge in [-0.1, -0.05) is 53.2 Å². The highest BCUT2D eigenvalue weighted by molar-refractivity contribution is 9.10. The first-order chi connectivity index (χ1) is 10.3. The molecule has 21 heavy (non-hydrogen) atoms. The monoisotopic (exact) mass is 345 g/mol. The van der Waals surface area contributed by atoms with E-state index in [0.29, 0.717) is 6.04 Å². The Morgan fingerprint density at radius 2 is 2.05 bits per heavy atom. The maximum atomic E-state index is 5.92. The summed E-state index contributed by atoms with van der Waals surface area (Å²) in [7, 11) is 0. The molecule has 2 nitrogen and oxygen atoms in total. The minimum atomic E-state index is 0.419. The molecule has 0 spiro atoms. The maximum absolute atomic E-state index is 5.92. The van der Waals surface area contributed by atoms with Gasteiger partial charge in [-0.15, -0.1) is 0 Å². The standard InChI is InChI=1S/C18H20BrNO/c1-2-17-16-8-3-4-9-18(16)21-11-10-20(17)13-14-6-5-7-15(19)12-14/h3-9,12,17H,2,10-11,13H2,1H3. The van der Waals surface area contributed by atoms with E-state index in [1.165, 1.54) is 11.1 Å². The van der Waals surface area contributed by atoms with Crippen molar-refractivity contribution in [2.24, 2.45) is 0 Å². The predicted octanol–water partition coefficient (Wildman–Crippen LogP) is 4.79. The van der Waals surface area contributed by atoms with E-state index >= 15 is 0 Å². The minimum absolute atomic E-state index is 0.419. The SMILES string of the molecule is CCC1c2ccccc2OCCN1Cc1cccc(Br)c1. The van der Waals surface area contributed by atoms with Gasteiger partial charge >= 0.3 is 0 Å². The molecule has 2 aromatic carbocycles. The number of hydrogen-bond donors (Lipinski definition) is 0. The fraction of sp³-hybridized carbons (Fsp3) is 0.333. The largest absolute Gasteiger partial charge is 0.492 e. The molecule has 1 aliphatic heterocycles. The summed E-state index contributed by atoms with van der Waals surface area (Å²) in [6.07, 6.45) is 1.09. The molecule has 0 fully saturated rings. The Balaban J connectivity index is 1.88. The summed E-state index contributed by atoms with van der Waals surface area (Å²) in [5, 5.41) is 0. The van der Waals surface area contributed by atoms with Crippen LogP contribution in [0.1, 0.15) is 30.5 Å². The average Bonchev–Trinajstić information content (AvgIpc) is 2.66. The predicted molar refractivity (Wildman–Crippen MR) is 89.5 cm³/mol. The van der Waals surface area contributed by atoms with Crippen molar-refractivity contribution in [3.8, 4) is 5.75 Å². The van der Waals surface area contributed by atoms with E-state index in [-0.39, 0.29) is 0 Å². The fourth-order valence-electron chi connectivity index (χ4n) is 3.05. The molecule has 2 aromatic rings. The van der Waals surface area contributed by atoms with E-state index in [4.69, 9.17) is 4.74 Å². The third-order valence-electron chi connectivity index (χ3n) is 4.02. The number of halogens is 1. The molecule has 0 bridgehead atoms. The molecular weight excluding hydrogens is 326 g/mol. The number of ether oxygens (including phenoxy) is 1. The molecule has 0 aliphatic carbocycles. The van der Waals surface area contributed by atoms with Crippen LogP contribution in [0.25, 0.3) is 0 Å². The number of nitrogens with zero attached hydrogens (tertiary/aromatic N) is 1. The minimum Gasteiger partial charge on any atom is -0.492 e. The highest BCUT2D eigenvalue weighted by atomic mass is 79.9. The van der Waals surface area contributed by atoms with Crippen molar-refractivity contribution in [1.29, 1.82) is 0 Å². The molecule has 1 unspecified atom stereocenters. The normalized spacial score (nSPS) is 18.7. The van der Waals surface area contributed by atoms with Gasteiger partial charge in [-0.2, -0.15) is 0 Å². The van der Waals surface area contributed by atoms with E-state index in [9.17, 15) is 0 Å². The van der Waals surface area contributed by atoms with Crippen LogP contribution in [0.5, 0.6) is 5.75 Å². The van der Waals surface area contributed by atoms with Gasteiger partial charge in [-0.3, -0.25) is 4.90 Å². The Morgan fingerprint density at radius 3 is 2.86 bits per heavy atom. The van der Waals surface area contributed by atoms with Gasteiger partial charge in [0.1, 0.15) is 12.4 Å². The van der Waals surface area contributed by atoms with Gasteiger partial charge in [0.25, 0.3) is 0 Å². The lowest BCUT2D eigenvalue weighted by Gasteiger charge is -2.29. The van der Waals surface area contributed by atoms with Crippen LogP contribution in [0.4, 0.5) is 0 Å². The molecule has 110 valence electrons. The zero-order chi connectivity index (χ0) is 14.7. The summed E-state index contributed by atoms with van der Waals surface area (Å²) in [6, 6.07) is 17.4. The van der Waals surface area contributed by atoms with Crippen molar-refractivity contribution in [3.05, 3.63) is 64.1 Å². The number of para-hydroxylation sites is 1. The van der Waals surface area contributed by atoms with Gasteiger partial charge in [0.2, 0.25) is 0 Å². The van der Waals surface area contributed by atoms with Crippen molar-refractivity contribution in [2.45, 2.75) is 25.9 Å². The zero-order valence-corrected chi connectivity index (χ0v) is 13.8. The van der Waals surface area contributed by atoms with E-state index in [2.05, 4.69) is 76.3 Å². The van der Waals surface area contributed by atoms with E-state index < -0.39 is 0 Å². The quantitative estimate of drug-likeness (QED) is 0.792. The van der Waals surface area contributed by atoms with Crippen LogP contribution in [0.3, 0.4) is 0 Å². The molecule has 1 aliphatic rings. The Hall–Kier alpha value is -1.32. The first-order valence-electron chi connectivity index (χ1n) is 7.48. The van der Waals surface area contributed by atoms with Gasteiger partial charge < -0.3 is 4.74 Å². The molecule has 0 aromatic heterocycles. The van der Waals surface area contributed by atoms with Crippen LogP contribution in [0.2, 0.25) is 0 Å². The Kier molecular flexibility index (Phi) is 4.61. The Bertz CT molecular complexity index is 614. The maximum Gasteiger partial charge on any atom is 0.124 e. The van der Waals surface area contributed by atoms with Crippen LogP contribution >= 0.6 is 15.9 Å². The van der Waals surface area contributed by atoms with Crippen molar-refractivity contribution < 1.29 is 4.74 Å². The molecule has 0 N–H and O–H groups in total. The van der Waals surface area contributed by atoms with Crippen molar-refractivity contribution >= 4 is 15.9 Å². The van der Waals surface area contributed by atoms with E-state index in [1.54, 1.807) is 0 Å². The van der Waals surface area contributed by atoms with Gasteiger partial charge in [-0.25, -0.2) is 0 Å². The number of rotatable bonds is 3. The molecule has 0 saturated heterocycles. The summed E-state index contributed by atoms with van der Waals surface area (Å²) in [5.74, 6) is 1.04. The second-order valence-electron chi connectivity index (χ2n) is 5.41. The second kappa shape index (κ2) is 6.63. The van der Waals surface area contributed by atoms with Crippen LogP contribution in [-0.2, 0) is 6.54 Å². The average molecular weight is 346 g/mol. The van der Waals surface area contributed by atoms with Gasteiger partial charge in [-0.05, 0) is 30.2 Å². The van der Waals surface area contributed by atoms with Crippen molar-refractivity contribution in [3.63, 3.8) is 0 Å². The lowest BCUT2D eigenvalue weighted by Crippen LogP contribution is -2.29. The summed E-state index contributed by atoms with van der Waals surface area (Å²) in [4.78, 5) is 2.52. The summed E-state index contributed by atoms with van der Waals surface area (Å²) < 4.78 is 7.06. The lowest BCUT2D eigenvalue weighted by atomic mass is 10.0. The molecule has 0 saturated carbocycles. The van der Waals surface area contributed by atoms with E-state index in [1.807, 2.05) is 0 Å². The van der Waals surface area contributed by atoms with Crippen molar-refractivity contribution in [1.82, 2.24) is 4.90 Å². The molecule has 3 heteroatoms. The van der Waals surface area contributed by atoms with Crippen molar-refractivity contribution in [2.75, 3.05) is 13.2 Å². The molecule has 1 atom stereocenters. The smallest absolute Gasteiger partial charge is 0.124 e. The first kappa shape index (κ1) is 14.6. The molecule has 3 rings (SSSR count). The second-order valence-corrected chi connectivity index (χ2v) is 6.33. The van der Waals surface area contributed by atoms with Crippen LogP contribution in [-0.4, -0.2) is 18.1 Å². The molecule has 0 amide bonds. The van der Waals surface area contributed by atoms with Crippen LogP contribution in [0.15, 0.2) is 53.0 Å². The Morgan fingerprint density at radius 1 is 1.19 bits per heavy atom. The summed E-state index contributed by atoms with van der Waals surface area (Å²) in [6.45, 7) is 4.91. The van der Waals surface area contributed by atoms with Crippen LogP contribution in [0, 0.1) is 0 Å². The highest BCUT2D eigenvalue weighted by Gasteiger charge is 2.24. The van der Waals surface area contributed by atoms with E-state index in [0.717, 1.165) is 36.3 Å². The van der Waals surface area contributed by atoms with Gasteiger partial charge in [0.15, 0.2) is 0 Å². The molecule has 0 radical (unpaired) electrons. The van der Waals surface area contributed by atoms with Gasteiger partial charge in [0.05, 0.1) is 0 Å². The summed E-state index contributed by atoms with van der Waals surface area (Å²) in [5.41, 5.74) is 2.65. The first-order valence-corrected chi connectivity index (χ1v) is 8.27. The topological polar surface area (TPSA) is 12.5 Å². The summed E-state index contributed by atoms with van der Waals surface area (Å²) >= 11 is 3.56. The van der Waals surface area contributed by atoms with Crippen LogP contribution < -0.4 is 4.74 Å². The van der Waals surface area contributed by atoms with Gasteiger partial charge in [0, 0.05) is 29.2 Å². The fourth-order valence-corrected chi connectivity index (χ4v) is 3.50. The number of fused-ring (bicyclic) bond motifs is 1. The number of hydrogen-bond acceptors (Lipinski definition) is 2. The lowest BCUT2D eigenvalue weighted by molar-refractivity contribution is 0.170. The third-order valence-corrected chi connectivity index (χ3v) is 4.51. The highest BCUT2D eigenvalue weighted by Crippen LogP contribution is 2.34. The zero-order valence-electron chi connectivity index (χ0n) is 12.3. The molecular formula is C18H20BrNO.